The number of amides is 2. The summed E-state index contributed by atoms with van der Waals surface area (Å²) in [6.07, 6.45) is 0.369. The summed E-state index contributed by atoms with van der Waals surface area (Å²) in [4.78, 5) is 22.7. The van der Waals surface area contributed by atoms with Gasteiger partial charge >= 0.3 is 12.0 Å². The van der Waals surface area contributed by atoms with Crippen molar-refractivity contribution in [1.82, 2.24) is 5.32 Å². The SMILES string of the molecule is CCC(C)(CNC(=O)Nc1cc(F)cc(Cl)c1)C(=O)O. The summed E-state index contributed by atoms with van der Waals surface area (Å²) in [5, 5.41) is 14.1. The van der Waals surface area contributed by atoms with Gasteiger partial charge in [0.2, 0.25) is 0 Å². The van der Waals surface area contributed by atoms with E-state index in [9.17, 15) is 14.0 Å². The number of hydrogen-bond acceptors (Lipinski definition) is 2. The first-order valence-corrected chi connectivity index (χ1v) is 6.39. The predicted molar refractivity (Wildman–Crippen MR) is 74.5 cm³/mol. The number of hydrogen-bond donors (Lipinski definition) is 3. The highest BCUT2D eigenvalue weighted by Gasteiger charge is 2.31. The third-order valence-corrected chi connectivity index (χ3v) is 3.27. The Hall–Kier alpha value is -1.82. The highest BCUT2D eigenvalue weighted by atomic mass is 35.5. The Bertz CT molecular complexity index is 504. The standard InChI is InChI=1S/C13H16ClFN2O3/c1-3-13(2,11(18)19)7-16-12(20)17-10-5-8(14)4-9(15)6-10/h4-6H,3,7H2,1-2H3,(H,18,19)(H2,16,17,20). The first kappa shape index (κ1) is 16.2. The van der Waals surface area contributed by atoms with E-state index in [-0.39, 0.29) is 17.3 Å². The van der Waals surface area contributed by atoms with Gasteiger partial charge in [-0.3, -0.25) is 4.79 Å². The number of carboxylic acid groups (broad SMARTS) is 1. The lowest BCUT2D eigenvalue weighted by atomic mass is 9.88. The fraction of sp³-hybridized carbons (Fsp3) is 0.385. The average molecular weight is 303 g/mol. The zero-order chi connectivity index (χ0) is 15.3. The Morgan fingerprint density at radius 1 is 1.40 bits per heavy atom. The number of nitrogens with one attached hydrogen (secondary N) is 2. The van der Waals surface area contributed by atoms with E-state index in [1.54, 1.807) is 6.92 Å². The summed E-state index contributed by atoms with van der Waals surface area (Å²) < 4.78 is 13.1. The molecule has 5 nitrogen and oxygen atoms in total. The van der Waals surface area contributed by atoms with E-state index in [0.29, 0.717) is 6.42 Å². The van der Waals surface area contributed by atoms with Crippen LogP contribution >= 0.6 is 11.6 Å². The maximum Gasteiger partial charge on any atom is 0.319 e. The lowest BCUT2D eigenvalue weighted by molar-refractivity contribution is -0.147. The number of carboxylic acids is 1. The van der Waals surface area contributed by atoms with E-state index in [2.05, 4.69) is 10.6 Å². The van der Waals surface area contributed by atoms with E-state index < -0.39 is 23.2 Å². The van der Waals surface area contributed by atoms with Crippen molar-refractivity contribution in [1.29, 1.82) is 0 Å². The molecule has 2 amide bonds. The zero-order valence-electron chi connectivity index (χ0n) is 11.2. The van der Waals surface area contributed by atoms with Crippen LogP contribution in [0.4, 0.5) is 14.9 Å². The molecule has 0 heterocycles. The van der Waals surface area contributed by atoms with E-state index in [1.807, 2.05) is 0 Å². The van der Waals surface area contributed by atoms with Crippen molar-refractivity contribution in [3.05, 3.63) is 29.0 Å². The Balaban J connectivity index is 2.62. The number of aliphatic carboxylic acids is 1. The van der Waals surface area contributed by atoms with E-state index >= 15 is 0 Å². The quantitative estimate of drug-likeness (QED) is 0.782. The van der Waals surface area contributed by atoms with Crippen molar-refractivity contribution in [3.8, 4) is 0 Å². The molecular weight excluding hydrogens is 287 g/mol. The van der Waals surface area contributed by atoms with Crippen molar-refractivity contribution in [2.45, 2.75) is 20.3 Å². The first-order valence-electron chi connectivity index (χ1n) is 6.01. The smallest absolute Gasteiger partial charge is 0.319 e. The van der Waals surface area contributed by atoms with Gasteiger partial charge in [0.05, 0.1) is 5.41 Å². The third-order valence-electron chi connectivity index (χ3n) is 3.06. The van der Waals surface area contributed by atoms with Crippen LogP contribution in [0.5, 0.6) is 0 Å². The van der Waals surface area contributed by atoms with E-state index in [0.717, 1.165) is 12.1 Å². The van der Waals surface area contributed by atoms with Crippen LogP contribution in [0, 0.1) is 11.2 Å². The van der Waals surface area contributed by atoms with Gasteiger partial charge in [0.25, 0.3) is 0 Å². The van der Waals surface area contributed by atoms with Crippen molar-refractivity contribution < 1.29 is 19.1 Å². The van der Waals surface area contributed by atoms with Crippen LogP contribution in [-0.4, -0.2) is 23.7 Å². The molecule has 7 heteroatoms. The lowest BCUT2D eigenvalue weighted by Crippen LogP contribution is -2.42. The molecule has 1 unspecified atom stereocenters. The summed E-state index contributed by atoms with van der Waals surface area (Å²) in [6, 6.07) is 3.00. The summed E-state index contributed by atoms with van der Waals surface area (Å²) in [5.74, 6) is -1.56. The number of anilines is 1. The molecule has 0 aliphatic heterocycles. The van der Waals surface area contributed by atoms with Crippen LogP contribution in [0.1, 0.15) is 20.3 Å². The van der Waals surface area contributed by atoms with E-state index in [4.69, 9.17) is 16.7 Å². The van der Waals surface area contributed by atoms with Crippen LogP contribution in [0.15, 0.2) is 18.2 Å². The van der Waals surface area contributed by atoms with Crippen molar-refractivity contribution in [2.24, 2.45) is 5.41 Å². The molecule has 1 atom stereocenters. The summed E-state index contributed by atoms with van der Waals surface area (Å²) >= 11 is 5.66. The van der Waals surface area contributed by atoms with Crippen LogP contribution in [0.25, 0.3) is 0 Å². The van der Waals surface area contributed by atoms with Gasteiger partial charge in [-0.25, -0.2) is 9.18 Å². The monoisotopic (exact) mass is 302 g/mol. The van der Waals surface area contributed by atoms with Crippen LogP contribution in [-0.2, 0) is 4.79 Å². The largest absolute Gasteiger partial charge is 0.481 e. The molecule has 0 aliphatic carbocycles. The topological polar surface area (TPSA) is 78.4 Å². The molecular formula is C13H16ClFN2O3. The zero-order valence-corrected chi connectivity index (χ0v) is 11.9. The fourth-order valence-electron chi connectivity index (χ4n) is 1.43. The Kier molecular flexibility index (Phi) is 5.33. The summed E-state index contributed by atoms with van der Waals surface area (Å²) in [6.45, 7) is 3.22. The van der Waals surface area contributed by atoms with Gasteiger partial charge in [0, 0.05) is 17.3 Å². The minimum Gasteiger partial charge on any atom is -0.481 e. The van der Waals surface area contributed by atoms with Crippen molar-refractivity contribution >= 4 is 29.3 Å². The van der Waals surface area contributed by atoms with Crippen LogP contribution in [0.2, 0.25) is 5.02 Å². The van der Waals surface area contributed by atoms with Crippen LogP contribution in [0.3, 0.4) is 0 Å². The number of halogens is 2. The Morgan fingerprint density at radius 2 is 2.05 bits per heavy atom. The molecule has 20 heavy (non-hydrogen) atoms. The molecule has 1 aromatic rings. The number of carbonyl (C=O) groups is 2. The molecule has 1 rings (SSSR count). The van der Waals surface area contributed by atoms with Gasteiger partial charge in [-0.1, -0.05) is 18.5 Å². The van der Waals surface area contributed by atoms with Crippen LogP contribution < -0.4 is 10.6 Å². The summed E-state index contributed by atoms with van der Waals surface area (Å²) in [7, 11) is 0. The highest BCUT2D eigenvalue weighted by Crippen LogP contribution is 2.20. The second-order valence-electron chi connectivity index (χ2n) is 4.69. The minimum absolute atomic E-state index is 0.0340. The molecule has 1 aromatic carbocycles. The lowest BCUT2D eigenvalue weighted by Gasteiger charge is -2.23. The Labute approximate surface area is 121 Å². The first-order chi connectivity index (χ1) is 9.26. The molecule has 0 radical (unpaired) electrons. The third kappa shape index (κ3) is 4.38. The van der Waals surface area contributed by atoms with Gasteiger partial charge in [0.15, 0.2) is 0 Å². The molecule has 0 saturated carbocycles. The van der Waals surface area contributed by atoms with Gasteiger partial charge in [-0.05, 0) is 31.5 Å². The Morgan fingerprint density at radius 3 is 2.55 bits per heavy atom. The van der Waals surface area contributed by atoms with Gasteiger partial charge < -0.3 is 15.7 Å². The van der Waals surface area contributed by atoms with E-state index in [1.165, 1.54) is 13.0 Å². The molecule has 0 fully saturated rings. The maximum atomic E-state index is 13.1. The summed E-state index contributed by atoms with van der Waals surface area (Å²) in [5.41, 5.74) is -0.849. The molecule has 0 aliphatic rings. The van der Waals surface area contributed by atoms with Gasteiger partial charge in [0.1, 0.15) is 5.82 Å². The molecule has 3 N–H and O–H groups in total. The molecule has 0 saturated heterocycles. The number of urea groups is 1. The van der Waals surface area contributed by atoms with Crippen molar-refractivity contribution in [3.63, 3.8) is 0 Å². The fourth-order valence-corrected chi connectivity index (χ4v) is 1.65. The van der Waals surface area contributed by atoms with Gasteiger partial charge in [-0.15, -0.1) is 0 Å². The average Bonchev–Trinajstić information content (AvgIpc) is 2.34. The molecule has 110 valence electrons. The molecule has 0 bridgehead atoms. The second kappa shape index (κ2) is 6.56. The molecule has 0 spiro atoms. The number of rotatable bonds is 5. The van der Waals surface area contributed by atoms with Gasteiger partial charge in [-0.2, -0.15) is 0 Å². The predicted octanol–water partition coefficient (Wildman–Crippen LogP) is 3.10. The highest BCUT2D eigenvalue weighted by molar-refractivity contribution is 6.30. The molecule has 0 aromatic heterocycles. The van der Waals surface area contributed by atoms with Crippen molar-refractivity contribution in [2.75, 3.05) is 11.9 Å². The normalized spacial score (nSPS) is 13.4. The second-order valence-corrected chi connectivity index (χ2v) is 5.12. The number of benzene rings is 1. The number of carbonyl (C=O) groups excluding carboxylic acids is 1. The minimum atomic E-state index is -1.04. The maximum absolute atomic E-state index is 13.1.